The van der Waals surface area contributed by atoms with Gasteiger partial charge in [0.2, 0.25) is 0 Å². The lowest BCUT2D eigenvalue weighted by molar-refractivity contribution is -0.0361. The average Bonchev–Trinajstić information content (AvgIpc) is 2.75. The van der Waals surface area contributed by atoms with Gasteiger partial charge in [-0.05, 0) is 24.8 Å². The van der Waals surface area contributed by atoms with Crippen LogP contribution < -0.4 is 0 Å². The van der Waals surface area contributed by atoms with Gasteiger partial charge in [0.05, 0.1) is 24.3 Å². The minimum Gasteiger partial charge on any atom is -0.373 e. The average molecular weight is 318 g/mol. The Morgan fingerprint density at radius 1 is 1.65 bits per heavy atom. The second-order valence-corrected chi connectivity index (χ2v) is 5.78. The third-order valence-electron chi connectivity index (χ3n) is 3.02. The van der Waals surface area contributed by atoms with Crippen molar-refractivity contribution in [3.63, 3.8) is 0 Å². The monoisotopic (exact) mass is 317 g/mol. The van der Waals surface area contributed by atoms with E-state index >= 15 is 0 Å². The predicted octanol–water partition coefficient (Wildman–Crippen LogP) is 2.68. The van der Waals surface area contributed by atoms with Crippen LogP contribution in [-0.2, 0) is 4.74 Å². The summed E-state index contributed by atoms with van der Waals surface area (Å²) in [4.78, 5) is 14.3. The first-order chi connectivity index (χ1) is 8.13. The zero-order valence-corrected chi connectivity index (χ0v) is 12.4. The molecule has 1 aliphatic rings. The molecule has 2 heterocycles. The molecule has 3 nitrogen and oxygen atoms in total. The SMILES string of the molecule is Cc1cscc1C(=O)N1CC(CBr)OCC1C. The zero-order chi connectivity index (χ0) is 12.4. The topological polar surface area (TPSA) is 29.5 Å². The highest BCUT2D eigenvalue weighted by atomic mass is 79.9. The van der Waals surface area contributed by atoms with Gasteiger partial charge in [0.1, 0.15) is 0 Å². The van der Waals surface area contributed by atoms with E-state index in [0.717, 1.165) is 16.5 Å². The lowest BCUT2D eigenvalue weighted by Crippen LogP contribution is -2.51. The molecule has 0 aliphatic carbocycles. The molecule has 1 aromatic heterocycles. The molecule has 0 bridgehead atoms. The number of hydrogen-bond donors (Lipinski definition) is 0. The molecule has 1 aromatic rings. The molecule has 0 aromatic carbocycles. The molecule has 2 atom stereocenters. The lowest BCUT2D eigenvalue weighted by atomic mass is 10.1. The van der Waals surface area contributed by atoms with Gasteiger partial charge in [-0.3, -0.25) is 4.79 Å². The highest BCUT2D eigenvalue weighted by molar-refractivity contribution is 9.09. The quantitative estimate of drug-likeness (QED) is 0.785. The Balaban J connectivity index is 2.15. The number of rotatable bonds is 2. The van der Waals surface area contributed by atoms with E-state index in [2.05, 4.69) is 15.9 Å². The maximum Gasteiger partial charge on any atom is 0.255 e. The Labute approximate surface area is 114 Å². The predicted molar refractivity (Wildman–Crippen MR) is 73.1 cm³/mol. The number of nitrogens with zero attached hydrogens (tertiary/aromatic N) is 1. The van der Waals surface area contributed by atoms with Crippen LogP contribution in [0.25, 0.3) is 0 Å². The summed E-state index contributed by atoms with van der Waals surface area (Å²) in [6, 6.07) is 0.150. The largest absolute Gasteiger partial charge is 0.373 e. The van der Waals surface area contributed by atoms with Crippen molar-refractivity contribution >= 4 is 33.2 Å². The van der Waals surface area contributed by atoms with E-state index in [1.807, 2.05) is 29.5 Å². The van der Waals surface area contributed by atoms with Crippen LogP contribution in [-0.4, -0.2) is 41.4 Å². The van der Waals surface area contributed by atoms with Gasteiger partial charge in [0.25, 0.3) is 5.91 Å². The van der Waals surface area contributed by atoms with Crippen LogP contribution >= 0.6 is 27.3 Å². The third kappa shape index (κ3) is 2.72. The van der Waals surface area contributed by atoms with Crippen molar-refractivity contribution in [3.8, 4) is 0 Å². The van der Waals surface area contributed by atoms with Crippen molar-refractivity contribution in [1.29, 1.82) is 0 Å². The van der Waals surface area contributed by atoms with E-state index in [1.165, 1.54) is 0 Å². The fourth-order valence-electron chi connectivity index (χ4n) is 1.93. The summed E-state index contributed by atoms with van der Waals surface area (Å²) in [5, 5.41) is 4.72. The molecule has 1 saturated heterocycles. The minimum atomic E-state index is 0.106. The van der Waals surface area contributed by atoms with Gasteiger partial charge >= 0.3 is 0 Å². The first-order valence-corrected chi connectivity index (χ1v) is 7.71. The standard InChI is InChI=1S/C12H16BrNO2S/c1-8-6-17-7-11(8)12(15)14-4-10(3-13)16-5-9(14)2/h6-7,9-10H,3-5H2,1-2H3. The van der Waals surface area contributed by atoms with E-state index in [0.29, 0.717) is 13.2 Å². The number of halogens is 1. The molecule has 0 radical (unpaired) electrons. The van der Waals surface area contributed by atoms with Crippen molar-refractivity contribution in [2.24, 2.45) is 0 Å². The second kappa shape index (κ2) is 5.50. The Hall–Kier alpha value is -0.390. The van der Waals surface area contributed by atoms with Gasteiger partial charge in [-0.15, -0.1) is 0 Å². The molecule has 2 unspecified atom stereocenters. The van der Waals surface area contributed by atoms with Gasteiger partial charge in [-0.2, -0.15) is 11.3 Å². The van der Waals surface area contributed by atoms with Crippen LogP contribution in [0.5, 0.6) is 0 Å². The van der Waals surface area contributed by atoms with Crippen molar-refractivity contribution in [2.75, 3.05) is 18.5 Å². The fraction of sp³-hybridized carbons (Fsp3) is 0.583. The van der Waals surface area contributed by atoms with Crippen LogP contribution in [0.2, 0.25) is 0 Å². The van der Waals surface area contributed by atoms with Crippen molar-refractivity contribution in [2.45, 2.75) is 26.0 Å². The number of carbonyl (C=O) groups is 1. The number of aryl methyl sites for hydroxylation is 1. The molecule has 1 fully saturated rings. The molecular weight excluding hydrogens is 302 g/mol. The van der Waals surface area contributed by atoms with E-state index in [1.54, 1.807) is 11.3 Å². The lowest BCUT2D eigenvalue weighted by Gasteiger charge is -2.37. The summed E-state index contributed by atoms with van der Waals surface area (Å²) >= 11 is 4.99. The molecule has 1 aliphatic heterocycles. The smallest absolute Gasteiger partial charge is 0.255 e. The summed E-state index contributed by atoms with van der Waals surface area (Å²) in [7, 11) is 0. The third-order valence-corrected chi connectivity index (χ3v) is 4.61. The maximum atomic E-state index is 12.4. The van der Waals surface area contributed by atoms with Gasteiger partial charge in [0.15, 0.2) is 0 Å². The Morgan fingerprint density at radius 2 is 2.41 bits per heavy atom. The molecule has 17 heavy (non-hydrogen) atoms. The highest BCUT2D eigenvalue weighted by Gasteiger charge is 2.30. The molecule has 0 N–H and O–H groups in total. The van der Waals surface area contributed by atoms with Gasteiger partial charge in [-0.25, -0.2) is 0 Å². The van der Waals surface area contributed by atoms with Crippen LogP contribution in [0.4, 0.5) is 0 Å². The highest BCUT2D eigenvalue weighted by Crippen LogP contribution is 2.20. The number of amides is 1. The summed E-state index contributed by atoms with van der Waals surface area (Å²) in [6.45, 7) is 5.30. The van der Waals surface area contributed by atoms with E-state index in [4.69, 9.17) is 4.74 Å². The summed E-state index contributed by atoms with van der Waals surface area (Å²) in [5.74, 6) is 0.130. The molecule has 1 amide bonds. The zero-order valence-electron chi connectivity index (χ0n) is 9.98. The molecular formula is C12H16BrNO2S. The molecule has 0 saturated carbocycles. The Bertz CT molecular complexity index is 407. The van der Waals surface area contributed by atoms with E-state index in [-0.39, 0.29) is 18.1 Å². The number of thiophene rings is 1. The number of hydrogen-bond acceptors (Lipinski definition) is 3. The number of ether oxygens (including phenoxy) is 1. The van der Waals surface area contributed by atoms with Gasteiger partial charge < -0.3 is 9.64 Å². The summed E-state index contributed by atoms with van der Waals surface area (Å²) in [5.41, 5.74) is 1.89. The van der Waals surface area contributed by atoms with Crippen LogP contribution in [0.3, 0.4) is 0 Å². The molecule has 0 spiro atoms. The summed E-state index contributed by atoms with van der Waals surface area (Å²) < 4.78 is 5.63. The van der Waals surface area contributed by atoms with Crippen LogP contribution in [0, 0.1) is 6.92 Å². The second-order valence-electron chi connectivity index (χ2n) is 4.38. The number of alkyl halides is 1. The van der Waals surface area contributed by atoms with Crippen LogP contribution in [0.15, 0.2) is 10.8 Å². The fourth-order valence-corrected chi connectivity index (χ4v) is 3.14. The minimum absolute atomic E-state index is 0.106. The van der Waals surface area contributed by atoms with E-state index < -0.39 is 0 Å². The van der Waals surface area contributed by atoms with Gasteiger partial charge in [0, 0.05) is 17.3 Å². The molecule has 94 valence electrons. The van der Waals surface area contributed by atoms with Crippen molar-refractivity contribution in [1.82, 2.24) is 4.90 Å². The maximum absolute atomic E-state index is 12.4. The van der Waals surface area contributed by atoms with Crippen LogP contribution in [0.1, 0.15) is 22.8 Å². The first-order valence-electron chi connectivity index (χ1n) is 5.64. The normalized spacial score (nSPS) is 25.0. The van der Waals surface area contributed by atoms with E-state index in [9.17, 15) is 4.79 Å². The number of carbonyl (C=O) groups excluding carboxylic acids is 1. The van der Waals surface area contributed by atoms with Gasteiger partial charge in [-0.1, -0.05) is 15.9 Å². The van der Waals surface area contributed by atoms with Crippen molar-refractivity contribution in [3.05, 3.63) is 21.9 Å². The first kappa shape index (κ1) is 13.1. The molecule has 5 heteroatoms. The molecule has 2 rings (SSSR count). The van der Waals surface area contributed by atoms with Crippen molar-refractivity contribution < 1.29 is 9.53 Å². The Kier molecular flexibility index (Phi) is 4.22. The number of morpholine rings is 1. The summed E-state index contributed by atoms with van der Waals surface area (Å²) in [6.07, 6.45) is 0.106. The Morgan fingerprint density at radius 3 is 3.00 bits per heavy atom.